The molecule has 88 valence electrons. The summed E-state index contributed by atoms with van der Waals surface area (Å²) in [7, 11) is -1.87. The molecule has 0 heterocycles. The molecule has 1 aromatic carbocycles. The van der Waals surface area contributed by atoms with Crippen molar-refractivity contribution in [2.45, 2.75) is 23.5 Å². The van der Waals surface area contributed by atoms with Gasteiger partial charge in [-0.1, -0.05) is 0 Å². The van der Waals surface area contributed by atoms with Crippen LogP contribution >= 0.6 is 0 Å². The van der Waals surface area contributed by atoms with Crippen LogP contribution in [0.2, 0.25) is 0 Å². The van der Waals surface area contributed by atoms with Crippen molar-refractivity contribution in [3.63, 3.8) is 0 Å². The molecule has 0 spiro atoms. The highest BCUT2D eigenvalue weighted by Gasteiger charge is 2.20. The number of hydrogen-bond acceptors (Lipinski definition) is 2. The molecule has 0 bridgehead atoms. The van der Waals surface area contributed by atoms with Crippen LogP contribution in [0.1, 0.15) is 13.3 Å². The molecule has 16 heavy (non-hydrogen) atoms. The summed E-state index contributed by atoms with van der Waals surface area (Å²) in [6.07, 6.45) is -0.359. The van der Waals surface area contributed by atoms with Crippen LogP contribution in [0.25, 0.3) is 0 Å². The van der Waals surface area contributed by atoms with Gasteiger partial charge >= 0.3 is 5.97 Å². The first-order valence-corrected chi connectivity index (χ1v) is 5.70. The summed E-state index contributed by atoms with van der Waals surface area (Å²) in [5, 5.41) is 7.73. The maximum absolute atomic E-state index is 13.2. The van der Waals surface area contributed by atoms with Crippen LogP contribution in [0.5, 0.6) is 0 Å². The van der Waals surface area contributed by atoms with Gasteiger partial charge in [-0.15, -0.1) is 0 Å². The average molecular weight is 248 g/mol. The lowest BCUT2D eigenvalue weighted by atomic mass is 10.3. The number of carbonyl (C=O) groups is 1. The standard InChI is InChI=1S/C10H10F2O3S/c1-6(4-10(13)14)16(15)9-5-7(11)2-3-8(9)12/h2-3,5-6H,4H2,1H3,(H,13,14). The van der Waals surface area contributed by atoms with Gasteiger partial charge in [0.1, 0.15) is 11.6 Å². The fourth-order valence-electron chi connectivity index (χ4n) is 1.17. The monoisotopic (exact) mass is 248 g/mol. The SMILES string of the molecule is CC(CC(=O)O)S(=O)c1cc(F)ccc1F. The third kappa shape index (κ3) is 3.10. The van der Waals surface area contributed by atoms with Crippen LogP contribution in [-0.4, -0.2) is 20.5 Å². The predicted molar refractivity (Wildman–Crippen MR) is 54.5 cm³/mol. The van der Waals surface area contributed by atoms with Crippen molar-refractivity contribution in [1.29, 1.82) is 0 Å². The molecule has 6 heteroatoms. The summed E-state index contributed by atoms with van der Waals surface area (Å²) in [5.41, 5.74) is 0. The number of carboxylic acids is 1. The fourth-order valence-corrected chi connectivity index (χ4v) is 2.39. The first-order chi connectivity index (χ1) is 7.41. The van der Waals surface area contributed by atoms with E-state index in [0.717, 1.165) is 18.2 Å². The Labute approximate surface area is 93.6 Å². The predicted octanol–water partition coefficient (Wildman–Crippen LogP) is 1.94. The normalized spacial score (nSPS) is 14.4. The maximum atomic E-state index is 13.2. The molecule has 2 atom stereocenters. The molecule has 2 unspecified atom stereocenters. The summed E-state index contributed by atoms with van der Waals surface area (Å²) in [6, 6.07) is 2.61. The third-order valence-corrected chi connectivity index (χ3v) is 3.58. The zero-order valence-electron chi connectivity index (χ0n) is 8.44. The second-order valence-electron chi connectivity index (χ2n) is 3.28. The van der Waals surface area contributed by atoms with E-state index in [1.54, 1.807) is 0 Å². The van der Waals surface area contributed by atoms with Crippen LogP contribution in [0, 0.1) is 11.6 Å². The zero-order valence-corrected chi connectivity index (χ0v) is 9.26. The molecule has 0 aliphatic carbocycles. The fraction of sp³-hybridized carbons (Fsp3) is 0.300. The minimum atomic E-state index is -1.87. The number of halogens is 2. The summed E-state index contributed by atoms with van der Waals surface area (Å²) in [4.78, 5) is 10.1. The largest absolute Gasteiger partial charge is 0.481 e. The van der Waals surface area contributed by atoms with E-state index in [4.69, 9.17) is 5.11 Å². The highest BCUT2D eigenvalue weighted by atomic mass is 32.2. The quantitative estimate of drug-likeness (QED) is 0.885. The van der Waals surface area contributed by atoms with Crippen LogP contribution in [0.4, 0.5) is 8.78 Å². The van der Waals surface area contributed by atoms with E-state index in [1.165, 1.54) is 6.92 Å². The van der Waals surface area contributed by atoms with Gasteiger partial charge in [0.05, 0.1) is 22.1 Å². The molecule has 0 aliphatic rings. The van der Waals surface area contributed by atoms with E-state index < -0.39 is 33.7 Å². The third-order valence-electron chi connectivity index (χ3n) is 1.94. The minimum Gasteiger partial charge on any atom is -0.481 e. The van der Waals surface area contributed by atoms with E-state index in [-0.39, 0.29) is 11.3 Å². The van der Waals surface area contributed by atoms with Crippen molar-refractivity contribution >= 4 is 16.8 Å². The van der Waals surface area contributed by atoms with Gasteiger partial charge in [0.2, 0.25) is 0 Å². The molecule has 0 saturated carbocycles. The lowest BCUT2D eigenvalue weighted by Gasteiger charge is -2.09. The lowest BCUT2D eigenvalue weighted by molar-refractivity contribution is -0.136. The number of benzene rings is 1. The Balaban J connectivity index is 2.95. The molecule has 0 radical (unpaired) electrons. The van der Waals surface area contributed by atoms with Crippen molar-refractivity contribution in [3.05, 3.63) is 29.8 Å². The van der Waals surface area contributed by atoms with E-state index in [0.29, 0.717) is 0 Å². The zero-order chi connectivity index (χ0) is 12.3. The van der Waals surface area contributed by atoms with Gasteiger partial charge in [-0.05, 0) is 25.1 Å². The molecule has 0 aromatic heterocycles. The Bertz CT molecular complexity index is 434. The van der Waals surface area contributed by atoms with Gasteiger partial charge in [0.15, 0.2) is 0 Å². The van der Waals surface area contributed by atoms with Crippen molar-refractivity contribution in [2.75, 3.05) is 0 Å². The van der Waals surface area contributed by atoms with Crippen LogP contribution in [0.15, 0.2) is 23.1 Å². The Hall–Kier alpha value is -1.30. The Morgan fingerprint density at radius 3 is 2.69 bits per heavy atom. The molecule has 0 aliphatic heterocycles. The van der Waals surface area contributed by atoms with E-state index in [9.17, 15) is 17.8 Å². The van der Waals surface area contributed by atoms with E-state index in [1.807, 2.05) is 0 Å². The molecule has 0 fully saturated rings. The number of rotatable bonds is 4. The van der Waals surface area contributed by atoms with Crippen LogP contribution < -0.4 is 0 Å². The lowest BCUT2D eigenvalue weighted by Crippen LogP contribution is -2.16. The van der Waals surface area contributed by atoms with Crippen molar-refractivity contribution in [3.8, 4) is 0 Å². The molecule has 1 rings (SSSR count). The molecule has 0 amide bonds. The Morgan fingerprint density at radius 2 is 2.12 bits per heavy atom. The summed E-state index contributed by atoms with van der Waals surface area (Å²) < 4.78 is 37.7. The summed E-state index contributed by atoms with van der Waals surface area (Å²) >= 11 is 0. The second kappa shape index (κ2) is 5.16. The van der Waals surface area contributed by atoms with Gasteiger partial charge < -0.3 is 5.11 Å². The first-order valence-electron chi connectivity index (χ1n) is 4.49. The van der Waals surface area contributed by atoms with Gasteiger partial charge in [0.25, 0.3) is 0 Å². The average Bonchev–Trinajstić information content (AvgIpc) is 2.19. The van der Waals surface area contributed by atoms with Crippen molar-refractivity contribution in [1.82, 2.24) is 0 Å². The second-order valence-corrected chi connectivity index (χ2v) is 5.12. The Morgan fingerprint density at radius 1 is 1.50 bits per heavy atom. The van der Waals surface area contributed by atoms with Crippen LogP contribution in [-0.2, 0) is 15.6 Å². The molecule has 1 aromatic rings. The minimum absolute atomic E-state index is 0.297. The maximum Gasteiger partial charge on any atom is 0.304 e. The highest BCUT2D eigenvalue weighted by Crippen LogP contribution is 2.18. The van der Waals surface area contributed by atoms with Gasteiger partial charge in [-0.2, -0.15) is 0 Å². The summed E-state index contributed by atoms with van der Waals surface area (Å²) in [5.74, 6) is -2.62. The Kier molecular flexibility index (Phi) is 4.12. The highest BCUT2D eigenvalue weighted by molar-refractivity contribution is 7.85. The first kappa shape index (κ1) is 12.8. The summed E-state index contributed by atoms with van der Waals surface area (Å²) in [6.45, 7) is 1.41. The van der Waals surface area contributed by atoms with E-state index >= 15 is 0 Å². The topological polar surface area (TPSA) is 54.4 Å². The molecular weight excluding hydrogens is 238 g/mol. The van der Waals surface area contributed by atoms with E-state index in [2.05, 4.69) is 0 Å². The molecule has 1 N–H and O–H groups in total. The van der Waals surface area contributed by atoms with Gasteiger partial charge in [-0.25, -0.2) is 8.78 Å². The molecule has 3 nitrogen and oxygen atoms in total. The van der Waals surface area contributed by atoms with Crippen molar-refractivity contribution < 1.29 is 22.9 Å². The van der Waals surface area contributed by atoms with Crippen LogP contribution in [0.3, 0.4) is 0 Å². The van der Waals surface area contributed by atoms with Gasteiger partial charge in [-0.3, -0.25) is 9.00 Å². The van der Waals surface area contributed by atoms with Gasteiger partial charge in [0, 0.05) is 5.25 Å². The smallest absolute Gasteiger partial charge is 0.304 e. The number of aliphatic carboxylic acids is 1. The van der Waals surface area contributed by atoms with Crippen molar-refractivity contribution in [2.24, 2.45) is 0 Å². The molecule has 0 saturated heterocycles. The number of hydrogen-bond donors (Lipinski definition) is 1. The number of carboxylic acid groups (broad SMARTS) is 1. The molecular formula is C10H10F2O3S.